The van der Waals surface area contributed by atoms with Gasteiger partial charge in [-0.1, -0.05) is 32.6 Å². The van der Waals surface area contributed by atoms with Crippen molar-refractivity contribution in [3.63, 3.8) is 0 Å². The predicted octanol–water partition coefficient (Wildman–Crippen LogP) is 3.34. The van der Waals surface area contributed by atoms with E-state index in [4.69, 9.17) is 0 Å². The molecule has 2 N–H and O–H groups in total. The number of hydrogen-bond donors (Lipinski definition) is 2. The smallest absolute Gasteiger partial charge is 0.0613 e. The zero-order valence-electron chi connectivity index (χ0n) is 11.8. The van der Waals surface area contributed by atoms with E-state index < -0.39 is 0 Å². The number of nitrogens with one attached hydrogen (secondary N) is 1. The highest BCUT2D eigenvalue weighted by atomic mass is 32.2. The topological polar surface area (TPSA) is 32.3 Å². The summed E-state index contributed by atoms with van der Waals surface area (Å²) < 4.78 is 0. The van der Waals surface area contributed by atoms with Gasteiger partial charge in [0.25, 0.3) is 0 Å². The van der Waals surface area contributed by atoms with Crippen molar-refractivity contribution in [2.24, 2.45) is 0 Å². The number of aliphatic hydroxyl groups excluding tert-OH is 1. The second-order valence-electron chi connectivity index (χ2n) is 6.08. The molecule has 0 saturated heterocycles. The Labute approximate surface area is 116 Å². The van der Waals surface area contributed by atoms with Gasteiger partial charge < -0.3 is 10.4 Å². The summed E-state index contributed by atoms with van der Waals surface area (Å²) in [5.74, 6) is 0. The van der Waals surface area contributed by atoms with E-state index >= 15 is 0 Å². The predicted molar refractivity (Wildman–Crippen MR) is 80.2 cm³/mol. The van der Waals surface area contributed by atoms with Gasteiger partial charge in [0.15, 0.2) is 0 Å². The Hall–Kier alpha value is 0.270. The van der Waals surface area contributed by atoms with Crippen LogP contribution >= 0.6 is 11.8 Å². The maximum atomic E-state index is 9.72. The molecular weight excluding hydrogens is 242 g/mol. The maximum Gasteiger partial charge on any atom is 0.0613 e. The molecule has 2 fully saturated rings. The summed E-state index contributed by atoms with van der Waals surface area (Å²) in [4.78, 5) is 0. The molecule has 2 unspecified atom stereocenters. The van der Waals surface area contributed by atoms with Gasteiger partial charge in [0.05, 0.1) is 6.61 Å². The van der Waals surface area contributed by atoms with Crippen LogP contribution in [0, 0.1) is 0 Å². The van der Waals surface area contributed by atoms with Gasteiger partial charge in [-0.15, -0.1) is 0 Å². The van der Waals surface area contributed by atoms with Crippen LogP contribution in [0.2, 0.25) is 0 Å². The van der Waals surface area contributed by atoms with Gasteiger partial charge in [0.1, 0.15) is 0 Å². The van der Waals surface area contributed by atoms with Crippen LogP contribution < -0.4 is 5.32 Å². The first-order valence-electron chi connectivity index (χ1n) is 7.79. The van der Waals surface area contributed by atoms with E-state index in [9.17, 15) is 5.11 Å². The Morgan fingerprint density at radius 1 is 1.11 bits per heavy atom. The second kappa shape index (κ2) is 7.16. The summed E-state index contributed by atoms with van der Waals surface area (Å²) in [5, 5.41) is 15.0. The highest BCUT2D eigenvalue weighted by molar-refractivity contribution is 8.00. The Bertz CT molecular complexity index is 239. The van der Waals surface area contributed by atoms with Crippen molar-refractivity contribution in [3.8, 4) is 0 Å². The normalized spacial score (nSPS) is 34.7. The standard InChI is InChI=1S/C15H29NOS/c1-2-16-15(12-17)10-6-9-14(11-15)18-13-7-4-3-5-8-13/h13-14,16-17H,2-12H2,1H3. The van der Waals surface area contributed by atoms with Gasteiger partial charge in [-0.05, 0) is 38.6 Å². The third-order valence-corrected chi connectivity index (χ3v) is 6.23. The average molecular weight is 271 g/mol. The van der Waals surface area contributed by atoms with E-state index in [2.05, 4.69) is 24.0 Å². The van der Waals surface area contributed by atoms with Crippen LogP contribution in [0.3, 0.4) is 0 Å². The minimum Gasteiger partial charge on any atom is -0.394 e. The summed E-state index contributed by atoms with van der Waals surface area (Å²) >= 11 is 2.23. The summed E-state index contributed by atoms with van der Waals surface area (Å²) in [6.07, 6.45) is 12.1. The van der Waals surface area contributed by atoms with E-state index in [1.165, 1.54) is 51.4 Å². The Morgan fingerprint density at radius 2 is 1.83 bits per heavy atom. The number of hydrogen-bond acceptors (Lipinski definition) is 3. The SMILES string of the molecule is CCNC1(CO)CCCC(SC2CCCCC2)C1. The Morgan fingerprint density at radius 3 is 2.50 bits per heavy atom. The molecule has 0 aliphatic heterocycles. The highest BCUT2D eigenvalue weighted by Crippen LogP contribution is 2.40. The van der Waals surface area contributed by atoms with Gasteiger partial charge in [-0.2, -0.15) is 11.8 Å². The lowest BCUT2D eigenvalue weighted by Crippen LogP contribution is -2.52. The molecule has 0 bridgehead atoms. The van der Waals surface area contributed by atoms with E-state index in [0.717, 1.165) is 23.5 Å². The molecule has 2 nitrogen and oxygen atoms in total. The summed E-state index contributed by atoms with van der Waals surface area (Å²) in [7, 11) is 0. The molecule has 2 aliphatic carbocycles. The van der Waals surface area contributed by atoms with Crippen molar-refractivity contribution in [1.82, 2.24) is 5.32 Å². The van der Waals surface area contributed by atoms with Crippen molar-refractivity contribution in [2.75, 3.05) is 13.2 Å². The fraction of sp³-hybridized carbons (Fsp3) is 1.00. The van der Waals surface area contributed by atoms with E-state index in [-0.39, 0.29) is 5.54 Å². The van der Waals surface area contributed by atoms with Crippen LogP contribution in [0.15, 0.2) is 0 Å². The molecule has 2 rings (SSSR count). The van der Waals surface area contributed by atoms with E-state index in [1.807, 2.05) is 0 Å². The number of thioether (sulfide) groups is 1. The van der Waals surface area contributed by atoms with Crippen LogP contribution in [0.5, 0.6) is 0 Å². The first kappa shape index (κ1) is 14.7. The Balaban J connectivity index is 1.85. The minimum absolute atomic E-state index is 0.0271. The zero-order valence-corrected chi connectivity index (χ0v) is 12.6. The van der Waals surface area contributed by atoms with Crippen molar-refractivity contribution < 1.29 is 5.11 Å². The highest BCUT2D eigenvalue weighted by Gasteiger charge is 2.36. The monoisotopic (exact) mass is 271 g/mol. The lowest BCUT2D eigenvalue weighted by Gasteiger charge is -2.41. The average Bonchev–Trinajstić information content (AvgIpc) is 2.41. The molecule has 0 spiro atoms. The lowest BCUT2D eigenvalue weighted by molar-refractivity contribution is 0.125. The van der Waals surface area contributed by atoms with Crippen molar-refractivity contribution in [1.29, 1.82) is 0 Å². The fourth-order valence-electron chi connectivity index (χ4n) is 3.63. The van der Waals surface area contributed by atoms with Crippen LogP contribution in [0.4, 0.5) is 0 Å². The van der Waals surface area contributed by atoms with Crippen LogP contribution in [0.1, 0.15) is 64.7 Å². The third kappa shape index (κ3) is 3.88. The maximum absolute atomic E-state index is 9.72. The molecule has 0 aromatic carbocycles. The summed E-state index contributed by atoms with van der Waals surface area (Å²) in [5.41, 5.74) is 0.0271. The zero-order chi connectivity index (χ0) is 12.8. The molecule has 2 saturated carbocycles. The molecule has 2 atom stereocenters. The van der Waals surface area contributed by atoms with E-state index in [1.54, 1.807) is 0 Å². The number of aliphatic hydroxyl groups is 1. The van der Waals surface area contributed by atoms with Gasteiger partial charge >= 0.3 is 0 Å². The quantitative estimate of drug-likeness (QED) is 0.804. The lowest BCUT2D eigenvalue weighted by atomic mass is 9.82. The summed E-state index contributed by atoms with van der Waals surface area (Å²) in [6.45, 7) is 3.43. The second-order valence-corrected chi connectivity index (χ2v) is 7.69. The van der Waals surface area contributed by atoms with Crippen LogP contribution in [0.25, 0.3) is 0 Å². The van der Waals surface area contributed by atoms with Crippen molar-refractivity contribution in [2.45, 2.75) is 80.7 Å². The molecule has 0 amide bonds. The molecule has 0 aromatic rings. The molecule has 0 aromatic heterocycles. The minimum atomic E-state index is 0.0271. The van der Waals surface area contributed by atoms with Gasteiger partial charge in [-0.3, -0.25) is 0 Å². The summed E-state index contributed by atoms with van der Waals surface area (Å²) in [6, 6.07) is 0. The first-order chi connectivity index (χ1) is 8.78. The van der Waals surface area contributed by atoms with Crippen LogP contribution in [-0.2, 0) is 0 Å². The molecule has 3 heteroatoms. The molecule has 0 heterocycles. The molecule has 106 valence electrons. The van der Waals surface area contributed by atoms with Crippen molar-refractivity contribution in [3.05, 3.63) is 0 Å². The number of likely N-dealkylation sites (N-methyl/N-ethyl adjacent to an activating group) is 1. The Kier molecular flexibility index (Phi) is 5.84. The van der Waals surface area contributed by atoms with Crippen molar-refractivity contribution >= 4 is 11.8 Å². The number of rotatable bonds is 5. The van der Waals surface area contributed by atoms with Crippen LogP contribution in [-0.4, -0.2) is 34.3 Å². The fourth-order valence-corrected chi connectivity index (χ4v) is 5.50. The van der Waals surface area contributed by atoms with Gasteiger partial charge in [-0.25, -0.2) is 0 Å². The van der Waals surface area contributed by atoms with Gasteiger partial charge in [0.2, 0.25) is 0 Å². The van der Waals surface area contributed by atoms with Gasteiger partial charge in [0, 0.05) is 16.0 Å². The largest absolute Gasteiger partial charge is 0.394 e. The third-order valence-electron chi connectivity index (χ3n) is 4.59. The molecule has 18 heavy (non-hydrogen) atoms. The molecular formula is C15H29NOS. The molecule has 2 aliphatic rings. The van der Waals surface area contributed by atoms with E-state index in [0.29, 0.717) is 6.61 Å². The molecule has 0 radical (unpaired) electrons. The first-order valence-corrected chi connectivity index (χ1v) is 8.73.